The Morgan fingerprint density at radius 1 is 1.10 bits per heavy atom. The summed E-state index contributed by atoms with van der Waals surface area (Å²) < 4.78 is 98.0. The lowest BCUT2D eigenvalue weighted by Crippen LogP contribution is -2.30. The highest BCUT2D eigenvalue weighted by Crippen LogP contribution is 2.45. The van der Waals surface area contributed by atoms with Gasteiger partial charge in [0.25, 0.3) is 11.8 Å². The molecule has 12 nitrogen and oxygen atoms in total. The predicted octanol–water partition coefficient (Wildman–Crippen LogP) is 7.32. The highest BCUT2D eigenvalue weighted by molar-refractivity contribution is 5.96. The molecule has 18 heteroatoms. The van der Waals surface area contributed by atoms with Gasteiger partial charge in [0.1, 0.15) is 16.8 Å². The van der Waals surface area contributed by atoms with Crippen molar-refractivity contribution in [2.24, 2.45) is 0 Å². The number of carbonyl (C=O) groups is 2. The van der Waals surface area contributed by atoms with Gasteiger partial charge in [0, 0.05) is 25.5 Å². The van der Waals surface area contributed by atoms with E-state index in [2.05, 4.69) is 25.3 Å². The van der Waals surface area contributed by atoms with Crippen LogP contribution in [-0.2, 0) is 27.4 Å². The van der Waals surface area contributed by atoms with Crippen molar-refractivity contribution in [3.05, 3.63) is 71.6 Å². The number of amides is 2. The van der Waals surface area contributed by atoms with E-state index in [1.54, 1.807) is 0 Å². The number of fused-ring (bicyclic) bond motifs is 1. The molecule has 2 amide bonds. The fraction of sp³-hybridized carbons (Fsp3) is 0.394. The molecule has 4 aromatic rings. The zero-order valence-electron chi connectivity index (χ0n) is 28.2. The maximum atomic E-state index is 15.2. The second-order valence-electron chi connectivity index (χ2n) is 12.8. The molecule has 2 aromatic carbocycles. The predicted molar refractivity (Wildman–Crippen MR) is 168 cm³/mol. The number of anilines is 1. The van der Waals surface area contributed by atoms with E-state index in [4.69, 9.17) is 9.15 Å². The van der Waals surface area contributed by atoms with Crippen molar-refractivity contribution >= 4 is 17.7 Å². The molecule has 1 aliphatic heterocycles. The van der Waals surface area contributed by atoms with Gasteiger partial charge < -0.3 is 24.1 Å². The fourth-order valence-electron chi connectivity index (χ4n) is 4.62. The van der Waals surface area contributed by atoms with Crippen LogP contribution in [0.3, 0.4) is 0 Å². The maximum absolute atomic E-state index is 15.2. The van der Waals surface area contributed by atoms with Crippen LogP contribution < -0.4 is 15.0 Å². The molecule has 1 aliphatic rings. The third-order valence-electron chi connectivity index (χ3n) is 7.13. The lowest BCUT2D eigenvalue weighted by atomic mass is 9.96. The normalized spacial score (nSPS) is 14.4. The maximum Gasteiger partial charge on any atom is 0.573 e. The molecule has 0 radical (unpaired) electrons. The molecule has 0 saturated carbocycles. The van der Waals surface area contributed by atoms with Crippen molar-refractivity contribution in [3.63, 3.8) is 0 Å². The van der Waals surface area contributed by atoms with Gasteiger partial charge in [0.15, 0.2) is 5.75 Å². The third-order valence-corrected chi connectivity index (χ3v) is 7.13. The molecular weight excluding hydrogens is 688 g/mol. The molecule has 1 N–H and O–H groups in total. The number of halogens is 6. The number of hydrogen-bond acceptors (Lipinski definition) is 9. The van der Waals surface area contributed by atoms with Crippen LogP contribution in [0.2, 0.25) is 0 Å². The van der Waals surface area contributed by atoms with Crippen LogP contribution in [-0.4, -0.2) is 51.0 Å². The number of nitrogens with one attached hydrogen (secondary N) is 1. The largest absolute Gasteiger partial charge is 0.573 e. The van der Waals surface area contributed by atoms with Gasteiger partial charge in [-0.1, -0.05) is 12.1 Å². The molecule has 2 aromatic heterocycles. The van der Waals surface area contributed by atoms with Gasteiger partial charge in [-0.25, -0.2) is 22.6 Å². The van der Waals surface area contributed by atoms with E-state index in [1.165, 1.54) is 45.2 Å². The second-order valence-corrected chi connectivity index (χ2v) is 12.8. The molecule has 0 unspecified atom stereocenters. The molecule has 51 heavy (non-hydrogen) atoms. The van der Waals surface area contributed by atoms with E-state index >= 15 is 13.2 Å². The summed E-state index contributed by atoms with van der Waals surface area (Å²) in [6.45, 7) is 8.29. The summed E-state index contributed by atoms with van der Waals surface area (Å²) in [6.07, 6.45) is -4.72. The lowest BCUT2D eigenvalue weighted by molar-refractivity contribution is -0.274. The first-order valence-corrected chi connectivity index (χ1v) is 15.2. The Bertz CT molecular complexity index is 1930. The summed E-state index contributed by atoms with van der Waals surface area (Å²) in [4.78, 5) is 24.7. The van der Waals surface area contributed by atoms with E-state index in [9.17, 15) is 28.0 Å². The molecule has 272 valence electrons. The van der Waals surface area contributed by atoms with Gasteiger partial charge in [-0.3, -0.25) is 4.79 Å². The zero-order valence-corrected chi connectivity index (χ0v) is 28.2. The van der Waals surface area contributed by atoms with E-state index in [1.807, 2.05) is 26.8 Å². The smallest absolute Gasteiger partial charge is 0.444 e. The Kier molecular flexibility index (Phi) is 10.7. The Hall–Kier alpha value is -5.60. The number of rotatable bonds is 6. The summed E-state index contributed by atoms with van der Waals surface area (Å²) in [5, 5.41) is 23.1. The van der Waals surface area contributed by atoms with E-state index in [-0.39, 0.29) is 41.3 Å². The SMILES string of the molecule is CC(C)(C#N)c1nnc(-c2cc3c(cc2F)C(F)(F)CCC(=O)N3Cc2ccc(-n3cc(OC(F)(F)F)cn3)cc2)o1.CNC(=O)OC(C)(C)C. The van der Waals surface area contributed by atoms with Gasteiger partial charge in [-0.2, -0.15) is 10.4 Å². The highest BCUT2D eigenvalue weighted by atomic mass is 19.4. The quantitative estimate of drug-likeness (QED) is 0.202. The standard InChI is InChI=1S/C27H20F6N6O3.C6H13NO2/c1-25(2,14-34)24-37-36-23(41-24)18-9-21-19(10-20(18)28)26(29,30)8-7-22(40)38(21)12-15-3-5-16(6-4-15)39-13-17(11-35-39)42-27(31,32)33;1-6(2,3)9-5(8)7-4/h3-6,9-11,13H,7-8,12H2,1-2H3;1-4H3,(H,7,8). The summed E-state index contributed by atoms with van der Waals surface area (Å²) in [6, 6.07) is 9.73. The first-order valence-electron chi connectivity index (χ1n) is 15.2. The van der Waals surface area contributed by atoms with Crippen LogP contribution in [0.15, 0.2) is 53.2 Å². The molecule has 0 spiro atoms. The van der Waals surface area contributed by atoms with Crippen molar-refractivity contribution in [3.8, 4) is 29.0 Å². The topological polar surface area (TPSA) is 148 Å². The average Bonchev–Trinajstić information content (AvgIpc) is 3.71. The monoisotopic (exact) mass is 721 g/mol. The average molecular weight is 722 g/mol. The molecule has 0 saturated heterocycles. The van der Waals surface area contributed by atoms with Crippen LogP contribution >= 0.6 is 0 Å². The van der Waals surface area contributed by atoms with Crippen molar-refractivity contribution < 1.29 is 49.8 Å². The first kappa shape index (κ1) is 38.2. The number of ether oxygens (including phenoxy) is 2. The Balaban J connectivity index is 0.000000573. The van der Waals surface area contributed by atoms with Gasteiger partial charge in [0.2, 0.25) is 11.8 Å². The van der Waals surface area contributed by atoms with Crippen LogP contribution in [0, 0.1) is 17.1 Å². The molecule has 0 atom stereocenters. The number of alkyl carbamates (subject to hydrolysis) is 1. The van der Waals surface area contributed by atoms with Gasteiger partial charge in [-0.05, 0) is 64.4 Å². The first-order chi connectivity index (χ1) is 23.6. The molecule has 3 heterocycles. The Morgan fingerprint density at radius 3 is 2.33 bits per heavy atom. The van der Waals surface area contributed by atoms with E-state index < -0.39 is 53.6 Å². The second kappa shape index (κ2) is 14.3. The van der Waals surface area contributed by atoms with Crippen molar-refractivity contribution in [1.29, 1.82) is 5.26 Å². The van der Waals surface area contributed by atoms with Crippen LogP contribution in [0.1, 0.15) is 64.5 Å². The third kappa shape index (κ3) is 9.55. The molecule has 0 aliphatic carbocycles. The number of carbonyl (C=O) groups excluding carboxylic acids is 2. The Labute approximate surface area is 287 Å². The molecular formula is C33H33F6N7O5. The molecule has 0 bridgehead atoms. The number of benzene rings is 2. The van der Waals surface area contributed by atoms with Crippen molar-refractivity contribution in [2.75, 3.05) is 11.9 Å². The summed E-state index contributed by atoms with van der Waals surface area (Å²) in [5.74, 6) is -6.24. The highest BCUT2D eigenvalue weighted by Gasteiger charge is 2.42. The molecule has 0 fully saturated rings. The molecule has 5 rings (SSSR count). The van der Waals surface area contributed by atoms with Crippen LogP contribution in [0.5, 0.6) is 5.75 Å². The van der Waals surface area contributed by atoms with E-state index in [0.717, 1.165) is 28.0 Å². The minimum Gasteiger partial charge on any atom is -0.444 e. The summed E-state index contributed by atoms with van der Waals surface area (Å²) in [5.41, 5.74) is -2.04. The van der Waals surface area contributed by atoms with Crippen molar-refractivity contribution in [1.82, 2.24) is 25.3 Å². The number of alkyl halides is 5. The van der Waals surface area contributed by atoms with Crippen LogP contribution in [0.4, 0.5) is 36.8 Å². The number of nitriles is 1. The number of aromatic nitrogens is 4. The van der Waals surface area contributed by atoms with E-state index in [0.29, 0.717) is 17.3 Å². The summed E-state index contributed by atoms with van der Waals surface area (Å²) in [7, 11) is 1.54. The minimum atomic E-state index is -4.88. The summed E-state index contributed by atoms with van der Waals surface area (Å²) >= 11 is 0. The van der Waals surface area contributed by atoms with Gasteiger partial charge in [0.05, 0.1) is 41.9 Å². The lowest BCUT2D eigenvalue weighted by Gasteiger charge is -2.25. The number of hydrogen-bond donors (Lipinski definition) is 1. The van der Waals surface area contributed by atoms with Crippen molar-refractivity contribution in [2.45, 2.75) is 77.3 Å². The minimum absolute atomic E-state index is 0.109. The zero-order chi connectivity index (χ0) is 37.9. The number of nitrogens with zero attached hydrogens (tertiary/aromatic N) is 6. The van der Waals surface area contributed by atoms with Gasteiger partial charge >= 0.3 is 12.5 Å². The fourth-order valence-corrected chi connectivity index (χ4v) is 4.62. The Morgan fingerprint density at radius 2 is 1.76 bits per heavy atom. The van der Waals surface area contributed by atoms with Crippen LogP contribution in [0.25, 0.3) is 17.1 Å². The van der Waals surface area contributed by atoms with Gasteiger partial charge in [-0.15, -0.1) is 23.4 Å².